The molecule has 1 heterocycles. The van der Waals surface area contributed by atoms with Crippen molar-refractivity contribution in [3.63, 3.8) is 0 Å². The average molecular weight is 225 g/mol. The SMILES string of the molecule is O=C(N/N=C/c1ccccc1)c1cccnc1. The van der Waals surface area contributed by atoms with Crippen LogP contribution in [0.4, 0.5) is 0 Å². The predicted octanol–water partition coefficient (Wildman–Crippen LogP) is 1.85. The lowest BCUT2D eigenvalue weighted by Crippen LogP contribution is -2.17. The molecular weight excluding hydrogens is 214 g/mol. The van der Waals surface area contributed by atoms with Crippen molar-refractivity contribution in [2.75, 3.05) is 0 Å². The van der Waals surface area contributed by atoms with E-state index in [0.29, 0.717) is 5.56 Å². The van der Waals surface area contributed by atoms with Crippen LogP contribution < -0.4 is 5.43 Å². The molecule has 0 spiro atoms. The first-order valence-electron chi connectivity index (χ1n) is 5.15. The number of hydrogen-bond acceptors (Lipinski definition) is 3. The predicted molar refractivity (Wildman–Crippen MR) is 65.7 cm³/mol. The molecule has 1 aromatic heterocycles. The molecule has 0 bridgehead atoms. The maximum absolute atomic E-state index is 11.6. The standard InChI is InChI=1S/C13H11N3O/c17-13(12-7-4-8-14-10-12)16-15-9-11-5-2-1-3-6-11/h1-10H,(H,16,17)/b15-9+. The van der Waals surface area contributed by atoms with Gasteiger partial charge in [0.25, 0.3) is 5.91 Å². The Kier molecular flexibility index (Phi) is 3.60. The molecule has 84 valence electrons. The van der Waals surface area contributed by atoms with Gasteiger partial charge in [0, 0.05) is 12.4 Å². The molecule has 1 N–H and O–H groups in total. The van der Waals surface area contributed by atoms with Crippen molar-refractivity contribution in [2.45, 2.75) is 0 Å². The van der Waals surface area contributed by atoms with E-state index >= 15 is 0 Å². The van der Waals surface area contributed by atoms with Crippen LogP contribution in [0.25, 0.3) is 0 Å². The molecule has 0 aliphatic rings. The van der Waals surface area contributed by atoms with Gasteiger partial charge in [-0.2, -0.15) is 5.10 Å². The van der Waals surface area contributed by atoms with E-state index in [0.717, 1.165) is 5.56 Å². The Labute approximate surface area is 99.0 Å². The second-order valence-corrected chi connectivity index (χ2v) is 3.35. The van der Waals surface area contributed by atoms with E-state index in [1.54, 1.807) is 24.5 Å². The Morgan fingerprint density at radius 2 is 2.00 bits per heavy atom. The molecule has 0 aliphatic carbocycles. The highest BCUT2D eigenvalue weighted by molar-refractivity contribution is 5.94. The second-order valence-electron chi connectivity index (χ2n) is 3.35. The summed E-state index contributed by atoms with van der Waals surface area (Å²) in [7, 11) is 0. The number of rotatable bonds is 3. The van der Waals surface area contributed by atoms with Crippen molar-refractivity contribution in [1.82, 2.24) is 10.4 Å². The maximum Gasteiger partial charge on any atom is 0.272 e. The highest BCUT2D eigenvalue weighted by atomic mass is 16.2. The Morgan fingerprint density at radius 3 is 2.71 bits per heavy atom. The molecule has 1 amide bonds. The van der Waals surface area contributed by atoms with Crippen molar-refractivity contribution in [2.24, 2.45) is 5.10 Å². The van der Waals surface area contributed by atoms with Crippen molar-refractivity contribution < 1.29 is 4.79 Å². The number of hydrazone groups is 1. The molecule has 4 heteroatoms. The van der Waals surface area contributed by atoms with E-state index in [9.17, 15) is 4.79 Å². The van der Waals surface area contributed by atoms with Crippen molar-refractivity contribution >= 4 is 12.1 Å². The van der Waals surface area contributed by atoms with Gasteiger partial charge in [0.2, 0.25) is 0 Å². The van der Waals surface area contributed by atoms with E-state index < -0.39 is 0 Å². The molecule has 0 fully saturated rings. The van der Waals surface area contributed by atoms with E-state index in [-0.39, 0.29) is 5.91 Å². The van der Waals surface area contributed by atoms with Crippen LogP contribution in [0, 0.1) is 0 Å². The third-order valence-corrected chi connectivity index (χ3v) is 2.10. The van der Waals surface area contributed by atoms with Gasteiger partial charge in [-0.3, -0.25) is 9.78 Å². The minimum absolute atomic E-state index is 0.273. The molecule has 0 aliphatic heterocycles. The van der Waals surface area contributed by atoms with Crippen LogP contribution in [0.5, 0.6) is 0 Å². The molecule has 0 radical (unpaired) electrons. The largest absolute Gasteiger partial charge is 0.272 e. The molecule has 2 aromatic rings. The number of aromatic nitrogens is 1. The van der Waals surface area contributed by atoms with Gasteiger partial charge in [0.15, 0.2) is 0 Å². The number of hydrogen-bond donors (Lipinski definition) is 1. The number of pyridine rings is 1. The van der Waals surface area contributed by atoms with Crippen molar-refractivity contribution in [1.29, 1.82) is 0 Å². The maximum atomic E-state index is 11.6. The summed E-state index contributed by atoms with van der Waals surface area (Å²) in [5, 5.41) is 3.87. The highest BCUT2D eigenvalue weighted by Crippen LogP contribution is 1.96. The Hall–Kier alpha value is -2.49. The highest BCUT2D eigenvalue weighted by Gasteiger charge is 2.01. The molecule has 0 atom stereocenters. The quantitative estimate of drug-likeness (QED) is 0.640. The lowest BCUT2D eigenvalue weighted by Gasteiger charge is -1.98. The Balaban J connectivity index is 1.95. The summed E-state index contributed by atoms with van der Waals surface area (Å²) in [5.41, 5.74) is 3.85. The topological polar surface area (TPSA) is 54.4 Å². The Morgan fingerprint density at radius 1 is 1.18 bits per heavy atom. The fourth-order valence-electron chi connectivity index (χ4n) is 1.27. The third kappa shape index (κ3) is 3.24. The summed E-state index contributed by atoms with van der Waals surface area (Å²) in [5.74, 6) is -0.273. The van der Waals surface area contributed by atoms with Gasteiger partial charge in [0.1, 0.15) is 0 Å². The first-order valence-corrected chi connectivity index (χ1v) is 5.15. The van der Waals surface area contributed by atoms with Crippen LogP contribution in [-0.4, -0.2) is 17.1 Å². The van der Waals surface area contributed by atoms with Gasteiger partial charge in [-0.15, -0.1) is 0 Å². The second kappa shape index (κ2) is 5.55. The normalized spacial score (nSPS) is 10.4. The van der Waals surface area contributed by atoms with Crippen LogP contribution in [-0.2, 0) is 0 Å². The summed E-state index contributed by atoms with van der Waals surface area (Å²) in [6.07, 6.45) is 4.70. The summed E-state index contributed by atoms with van der Waals surface area (Å²) >= 11 is 0. The fraction of sp³-hybridized carbons (Fsp3) is 0. The zero-order valence-corrected chi connectivity index (χ0v) is 9.08. The van der Waals surface area contributed by atoms with Gasteiger partial charge < -0.3 is 0 Å². The molecule has 0 saturated heterocycles. The van der Waals surface area contributed by atoms with E-state index in [2.05, 4.69) is 15.5 Å². The fourth-order valence-corrected chi connectivity index (χ4v) is 1.27. The lowest BCUT2D eigenvalue weighted by molar-refractivity contribution is 0.0955. The van der Waals surface area contributed by atoms with Gasteiger partial charge in [-0.05, 0) is 17.7 Å². The molecular formula is C13H11N3O. The average Bonchev–Trinajstić information content (AvgIpc) is 2.41. The van der Waals surface area contributed by atoms with Crippen LogP contribution in [0.1, 0.15) is 15.9 Å². The summed E-state index contributed by atoms with van der Waals surface area (Å²) in [4.78, 5) is 15.4. The molecule has 4 nitrogen and oxygen atoms in total. The lowest BCUT2D eigenvalue weighted by atomic mass is 10.2. The number of nitrogens with zero attached hydrogens (tertiary/aromatic N) is 2. The molecule has 1 aromatic carbocycles. The number of carbonyl (C=O) groups is 1. The minimum atomic E-state index is -0.273. The number of carbonyl (C=O) groups excluding carboxylic acids is 1. The third-order valence-electron chi connectivity index (χ3n) is 2.10. The van der Waals surface area contributed by atoms with Crippen molar-refractivity contribution in [3.05, 3.63) is 66.0 Å². The zero-order chi connectivity index (χ0) is 11.9. The van der Waals surface area contributed by atoms with Crippen LogP contribution in [0.15, 0.2) is 60.0 Å². The van der Waals surface area contributed by atoms with E-state index in [4.69, 9.17) is 0 Å². The van der Waals surface area contributed by atoms with E-state index in [1.165, 1.54) is 6.20 Å². The summed E-state index contributed by atoms with van der Waals surface area (Å²) < 4.78 is 0. The number of nitrogens with one attached hydrogen (secondary N) is 1. The zero-order valence-electron chi connectivity index (χ0n) is 9.08. The van der Waals surface area contributed by atoms with Crippen LogP contribution in [0.3, 0.4) is 0 Å². The summed E-state index contributed by atoms with van der Waals surface area (Å²) in [6.45, 7) is 0. The van der Waals surface area contributed by atoms with Crippen LogP contribution >= 0.6 is 0 Å². The van der Waals surface area contributed by atoms with E-state index in [1.807, 2.05) is 30.3 Å². The molecule has 17 heavy (non-hydrogen) atoms. The van der Waals surface area contributed by atoms with Gasteiger partial charge >= 0.3 is 0 Å². The van der Waals surface area contributed by atoms with Crippen molar-refractivity contribution in [3.8, 4) is 0 Å². The molecule has 0 unspecified atom stereocenters. The number of benzene rings is 1. The monoisotopic (exact) mass is 225 g/mol. The number of amides is 1. The summed E-state index contributed by atoms with van der Waals surface area (Å²) in [6, 6.07) is 12.9. The molecule has 2 rings (SSSR count). The first kappa shape index (κ1) is 11.0. The molecule has 0 saturated carbocycles. The Bertz CT molecular complexity index is 509. The van der Waals surface area contributed by atoms with Gasteiger partial charge in [-0.1, -0.05) is 30.3 Å². The van der Waals surface area contributed by atoms with Crippen LogP contribution in [0.2, 0.25) is 0 Å². The van der Waals surface area contributed by atoms with Gasteiger partial charge in [-0.25, -0.2) is 5.43 Å². The minimum Gasteiger partial charge on any atom is -0.267 e. The smallest absolute Gasteiger partial charge is 0.267 e. The first-order chi connectivity index (χ1) is 8.36. The van der Waals surface area contributed by atoms with Gasteiger partial charge in [0.05, 0.1) is 11.8 Å².